The average Bonchev–Trinajstić information content (AvgIpc) is 3.29. The van der Waals surface area contributed by atoms with Crippen molar-refractivity contribution in [3.63, 3.8) is 0 Å². The Kier molecular flexibility index (Phi) is 7.85. The Hall–Kier alpha value is -3.64. The first-order chi connectivity index (χ1) is 18.1. The highest BCUT2D eigenvalue weighted by molar-refractivity contribution is 9.09. The molecular weight excluding hydrogens is 533 g/mol. The highest BCUT2D eigenvalue weighted by atomic mass is 79.9. The van der Waals surface area contributed by atoms with Gasteiger partial charge in [0.25, 0.3) is 0 Å². The van der Waals surface area contributed by atoms with Crippen LogP contribution in [0.3, 0.4) is 0 Å². The summed E-state index contributed by atoms with van der Waals surface area (Å²) < 4.78 is 25.5. The van der Waals surface area contributed by atoms with Crippen molar-refractivity contribution in [3.8, 4) is 5.75 Å². The summed E-state index contributed by atoms with van der Waals surface area (Å²) in [6.45, 7) is 0.471. The molecule has 4 nitrogen and oxygen atoms in total. The maximum absolute atomic E-state index is 13.6. The number of hydrogen-bond acceptors (Lipinski definition) is 3. The van der Waals surface area contributed by atoms with Crippen molar-refractivity contribution < 1.29 is 18.7 Å². The number of anilines is 1. The van der Waals surface area contributed by atoms with Crippen molar-refractivity contribution >= 4 is 27.7 Å². The fourth-order valence-electron chi connectivity index (χ4n) is 4.59. The molecule has 1 aliphatic rings. The Morgan fingerprint density at radius 3 is 2.11 bits per heavy atom. The Bertz CT molecular complexity index is 1300. The SMILES string of the molecule is O=C1O[C@H](C(Br)CCc2ccccc2)[C@@H](c2ccc(OCc3ccccc3)cc2)N1c1ccc(F)cc1. The minimum absolute atomic E-state index is 0.0823. The minimum Gasteiger partial charge on any atom is -0.489 e. The lowest BCUT2D eigenvalue weighted by Gasteiger charge is -2.27. The lowest BCUT2D eigenvalue weighted by molar-refractivity contribution is 0.129. The van der Waals surface area contributed by atoms with E-state index >= 15 is 0 Å². The number of aryl methyl sites for hydroxylation is 1. The molecule has 0 spiro atoms. The lowest BCUT2D eigenvalue weighted by Crippen LogP contribution is -2.33. The second-order valence-corrected chi connectivity index (χ2v) is 10.2. The van der Waals surface area contributed by atoms with Crippen LogP contribution in [0.2, 0.25) is 0 Å². The van der Waals surface area contributed by atoms with E-state index < -0.39 is 12.2 Å². The van der Waals surface area contributed by atoms with Gasteiger partial charge in [-0.25, -0.2) is 9.18 Å². The standard InChI is InChI=1S/C31H27BrFNO3/c32-28(20-11-22-7-3-1-4-8-22)30-29(34(31(35)37-30)26-16-14-25(33)15-17-26)24-12-18-27(19-13-24)36-21-23-9-5-2-6-10-23/h1-10,12-19,28-30H,11,20-21H2/t28?,29-,30-/m1/s1. The molecule has 6 heteroatoms. The molecular formula is C31H27BrFNO3. The third-order valence-corrected chi connectivity index (χ3v) is 7.48. The maximum atomic E-state index is 13.6. The van der Waals surface area contributed by atoms with Gasteiger partial charge in [-0.05, 0) is 65.9 Å². The van der Waals surface area contributed by atoms with Gasteiger partial charge in [0, 0.05) is 5.69 Å². The van der Waals surface area contributed by atoms with Crippen molar-refractivity contribution in [1.29, 1.82) is 0 Å². The van der Waals surface area contributed by atoms with E-state index in [2.05, 4.69) is 28.1 Å². The van der Waals surface area contributed by atoms with Gasteiger partial charge in [0.15, 0.2) is 0 Å². The van der Waals surface area contributed by atoms with Gasteiger partial charge in [-0.3, -0.25) is 4.90 Å². The first kappa shape index (κ1) is 25.0. The smallest absolute Gasteiger partial charge is 0.415 e. The van der Waals surface area contributed by atoms with Crippen molar-refractivity contribution in [2.75, 3.05) is 4.90 Å². The van der Waals surface area contributed by atoms with E-state index in [0.29, 0.717) is 12.3 Å². The highest BCUT2D eigenvalue weighted by Crippen LogP contribution is 2.41. The second-order valence-electron chi connectivity index (χ2n) is 9.02. The zero-order chi connectivity index (χ0) is 25.6. The summed E-state index contributed by atoms with van der Waals surface area (Å²) in [5.74, 6) is 0.382. The molecule has 1 heterocycles. The predicted molar refractivity (Wildman–Crippen MR) is 147 cm³/mol. The quantitative estimate of drug-likeness (QED) is 0.196. The molecule has 37 heavy (non-hydrogen) atoms. The minimum atomic E-state index is -0.449. The Morgan fingerprint density at radius 1 is 0.838 bits per heavy atom. The van der Waals surface area contributed by atoms with Gasteiger partial charge in [0.2, 0.25) is 0 Å². The number of rotatable bonds is 9. The average molecular weight is 560 g/mol. The van der Waals surface area contributed by atoms with Crippen LogP contribution in [0.25, 0.3) is 0 Å². The molecule has 0 N–H and O–H groups in total. The molecule has 5 rings (SSSR count). The lowest BCUT2D eigenvalue weighted by atomic mass is 9.95. The van der Waals surface area contributed by atoms with E-state index in [0.717, 1.165) is 29.7 Å². The number of hydrogen-bond donors (Lipinski definition) is 0. The molecule has 1 aliphatic heterocycles. The fourth-order valence-corrected chi connectivity index (χ4v) is 5.22. The van der Waals surface area contributed by atoms with Gasteiger partial charge >= 0.3 is 6.09 Å². The van der Waals surface area contributed by atoms with Crippen molar-refractivity contribution in [1.82, 2.24) is 0 Å². The van der Waals surface area contributed by atoms with E-state index in [1.165, 1.54) is 17.7 Å². The Labute approximate surface area is 224 Å². The topological polar surface area (TPSA) is 38.8 Å². The van der Waals surface area contributed by atoms with Crippen molar-refractivity contribution in [2.45, 2.75) is 36.4 Å². The number of carbonyl (C=O) groups is 1. The summed E-state index contributed by atoms with van der Waals surface area (Å²) in [5, 5.41) is 0. The second kappa shape index (κ2) is 11.6. The number of alkyl halides is 1. The van der Waals surface area contributed by atoms with Gasteiger partial charge in [-0.15, -0.1) is 0 Å². The molecule has 3 atom stereocenters. The molecule has 1 fully saturated rings. The fraction of sp³-hybridized carbons (Fsp3) is 0.194. The molecule has 1 unspecified atom stereocenters. The molecule has 0 aromatic heterocycles. The normalized spacial score (nSPS) is 17.9. The van der Waals surface area contributed by atoms with Crippen LogP contribution in [0.15, 0.2) is 109 Å². The first-order valence-corrected chi connectivity index (χ1v) is 13.2. The molecule has 0 bridgehead atoms. The first-order valence-electron chi connectivity index (χ1n) is 12.3. The molecule has 1 saturated heterocycles. The van der Waals surface area contributed by atoms with E-state index in [1.54, 1.807) is 17.0 Å². The maximum Gasteiger partial charge on any atom is 0.415 e. The summed E-state index contributed by atoms with van der Waals surface area (Å²) >= 11 is 3.82. The third kappa shape index (κ3) is 6.03. The zero-order valence-corrected chi connectivity index (χ0v) is 21.8. The monoisotopic (exact) mass is 559 g/mol. The van der Waals surface area contributed by atoms with E-state index in [9.17, 15) is 9.18 Å². The number of amides is 1. The molecule has 0 radical (unpaired) electrons. The Balaban J connectivity index is 1.38. The number of nitrogens with zero attached hydrogens (tertiary/aromatic N) is 1. The molecule has 0 saturated carbocycles. The van der Waals surface area contributed by atoms with Crippen LogP contribution in [0.5, 0.6) is 5.75 Å². The summed E-state index contributed by atoms with van der Waals surface area (Å²) in [5.41, 5.74) is 3.81. The van der Waals surface area contributed by atoms with Crippen LogP contribution in [0.4, 0.5) is 14.9 Å². The van der Waals surface area contributed by atoms with E-state index in [1.807, 2.05) is 72.8 Å². The van der Waals surface area contributed by atoms with Crippen LogP contribution in [-0.4, -0.2) is 17.0 Å². The molecule has 1 amide bonds. The summed E-state index contributed by atoms with van der Waals surface area (Å²) in [7, 11) is 0. The van der Waals surface area contributed by atoms with Crippen LogP contribution >= 0.6 is 15.9 Å². The zero-order valence-electron chi connectivity index (χ0n) is 20.2. The summed E-state index contributed by atoms with van der Waals surface area (Å²) in [6, 6.07) is 33.5. The largest absolute Gasteiger partial charge is 0.489 e. The van der Waals surface area contributed by atoms with Gasteiger partial charge in [-0.1, -0.05) is 88.7 Å². The summed E-state index contributed by atoms with van der Waals surface area (Å²) in [4.78, 5) is 14.7. The van der Waals surface area contributed by atoms with Crippen LogP contribution in [0.1, 0.15) is 29.2 Å². The van der Waals surface area contributed by atoms with Crippen LogP contribution in [0, 0.1) is 5.82 Å². The van der Waals surface area contributed by atoms with Gasteiger partial charge in [0.1, 0.15) is 30.3 Å². The number of carbonyl (C=O) groups excluding carboxylic acids is 1. The van der Waals surface area contributed by atoms with Gasteiger partial charge < -0.3 is 9.47 Å². The molecule has 4 aromatic rings. The highest BCUT2D eigenvalue weighted by Gasteiger charge is 2.46. The predicted octanol–water partition coefficient (Wildman–Crippen LogP) is 7.87. The number of ether oxygens (including phenoxy) is 2. The van der Waals surface area contributed by atoms with Crippen molar-refractivity contribution in [3.05, 3.63) is 132 Å². The molecule has 4 aromatic carbocycles. The molecule has 0 aliphatic carbocycles. The van der Waals surface area contributed by atoms with Gasteiger partial charge in [0.05, 0.1) is 4.83 Å². The van der Waals surface area contributed by atoms with Crippen molar-refractivity contribution in [2.24, 2.45) is 0 Å². The number of benzene rings is 4. The number of cyclic esters (lactones) is 1. The summed E-state index contributed by atoms with van der Waals surface area (Å²) in [6.07, 6.45) is 0.751. The van der Waals surface area contributed by atoms with Crippen LogP contribution in [-0.2, 0) is 17.8 Å². The Morgan fingerprint density at radius 2 is 1.46 bits per heavy atom. The third-order valence-electron chi connectivity index (χ3n) is 6.51. The van der Waals surface area contributed by atoms with Crippen LogP contribution < -0.4 is 9.64 Å². The van der Waals surface area contributed by atoms with E-state index in [4.69, 9.17) is 9.47 Å². The van der Waals surface area contributed by atoms with E-state index in [-0.39, 0.29) is 16.7 Å². The number of halogens is 2. The molecule has 188 valence electrons. The van der Waals surface area contributed by atoms with Gasteiger partial charge in [-0.2, -0.15) is 0 Å².